The molecule has 0 saturated heterocycles. The average Bonchev–Trinajstić information content (AvgIpc) is 3.80. The van der Waals surface area contributed by atoms with Crippen LogP contribution in [0.4, 0.5) is 17.1 Å². The van der Waals surface area contributed by atoms with Crippen LogP contribution in [0.2, 0.25) is 0 Å². The lowest BCUT2D eigenvalue weighted by molar-refractivity contribution is 1.18. The number of anilines is 3. The van der Waals surface area contributed by atoms with Crippen LogP contribution in [0.1, 0.15) is 0 Å². The normalized spacial score (nSPS) is 11.3. The summed E-state index contributed by atoms with van der Waals surface area (Å²) in [5, 5.41) is 5.03. The fourth-order valence-corrected chi connectivity index (χ4v) is 10.5. The van der Waals surface area contributed by atoms with Crippen molar-refractivity contribution in [3.05, 3.63) is 291 Å². The number of hydrogen-bond acceptors (Lipinski definition) is 1. The van der Waals surface area contributed by atoms with Crippen molar-refractivity contribution >= 4 is 49.6 Å². The molecule has 72 heavy (non-hydrogen) atoms. The Bertz CT molecular complexity index is 4000. The molecule has 1 aromatic heterocycles. The Kier molecular flexibility index (Phi) is 10.9. The smallest absolute Gasteiger partial charge is 0.0541 e. The van der Waals surface area contributed by atoms with Crippen LogP contribution in [-0.2, 0) is 0 Å². The van der Waals surface area contributed by atoms with Crippen LogP contribution >= 0.6 is 0 Å². The van der Waals surface area contributed by atoms with Gasteiger partial charge in [0.15, 0.2) is 0 Å². The van der Waals surface area contributed by atoms with Gasteiger partial charge in [-0.1, -0.05) is 224 Å². The molecule has 0 radical (unpaired) electrons. The van der Waals surface area contributed by atoms with Gasteiger partial charge in [-0.2, -0.15) is 0 Å². The van der Waals surface area contributed by atoms with Gasteiger partial charge in [-0.25, -0.2) is 0 Å². The number of hydrogen-bond donors (Lipinski definition) is 0. The van der Waals surface area contributed by atoms with E-state index in [1.165, 1.54) is 105 Å². The Morgan fingerprint density at radius 3 is 1.11 bits per heavy atom. The molecule has 0 aliphatic carbocycles. The molecule has 1 heterocycles. The summed E-state index contributed by atoms with van der Waals surface area (Å²) in [4.78, 5) is 2.35. The standard InChI is InChI=1S/C70H48N2/c1-3-12-49(13-4-1)55-34-41-62(42-35-55)71(64-45-38-59(39-46-64)66-20-11-15-58-14-7-8-18-65(58)66)63-43-36-56(37-44-63)54-28-26-51(27-29-54)50-22-24-52(25-23-50)53-30-32-57(33-31-53)60-40-47-70-68(48-60)67-19-9-10-21-69(67)72(70)61-16-5-2-6-17-61/h1-48H. The molecule has 0 atom stereocenters. The quantitative estimate of drug-likeness (QED) is 0.133. The van der Waals surface area contributed by atoms with Crippen LogP contribution in [0.25, 0.3) is 105 Å². The number of rotatable bonds is 10. The second-order valence-electron chi connectivity index (χ2n) is 18.5. The van der Waals surface area contributed by atoms with Gasteiger partial charge in [0.25, 0.3) is 0 Å². The fraction of sp³-hybridized carbons (Fsp3) is 0. The van der Waals surface area contributed by atoms with E-state index >= 15 is 0 Å². The summed E-state index contributed by atoms with van der Waals surface area (Å²) in [6, 6.07) is 106. The zero-order chi connectivity index (χ0) is 47.8. The first-order valence-corrected chi connectivity index (χ1v) is 24.7. The van der Waals surface area contributed by atoms with Crippen molar-refractivity contribution in [3.63, 3.8) is 0 Å². The summed E-state index contributed by atoms with van der Waals surface area (Å²) < 4.78 is 2.36. The minimum absolute atomic E-state index is 1.10. The van der Waals surface area contributed by atoms with Crippen LogP contribution in [0.5, 0.6) is 0 Å². The average molecular weight is 917 g/mol. The second-order valence-corrected chi connectivity index (χ2v) is 18.5. The molecule has 338 valence electrons. The van der Waals surface area contributed by atoms with Crippen molar-refractivity contribution in [1.29, 1.82) is 0 Å². The summed E-state index contributed by atoms with van der Waals surface area (Å²) in [7, 11) is 0. The minimum atomic E-state index is 1.10. The number of para-hydroxylation sites is 2. The topological polar surface area (TPSA) is 8.17 Å². The lowest BCUT2D eigenvalue weighted by Crippen LogP contribution is -2.09. The fourth-order valence-electron chi connectivity index (χ4n) is 10.5. The van der Waals surface area contributed by atoms with E-state index in [0.717, 1.165) is 17.1 Å². The largest absolute Gasteiger partial charge is 0.311 e. The van der Waals surface area contributed by atoms with E-state index in [-0.39, 0.29) is 0 Å². The van der Waals surface area contributed by atoms with Gasteiger partial charge < -0.3 is 9.47 Å². The van der Waals surface area contributed by atoms with Gasteiger partial charge in [0.2, 0.25) is 0 Å². The molecule has 12 aromatic carbocycles. The highest BCUT2D eigenvalue weighted by molar-refractivity contribution is 6.10. The first-order valence-electron chi connectivity index (χ1n) is 24.7. The number of aromatic nitrogens is 1. The van der Waals surface area contributed by atoms with Gasteiger partial charge in [-0.05, 0) is 144 Å². The summed E-state index contributed by atoms with van der Waals surface area (Å²) in [6.07, 6.45) is 0. The third-order valence-electron chi connectivity index (χ3n) is 14.3. The molecule has 0 aliphatic rings. The van der Waals surface area contributed by atoms with Crippen molar-refractivity contribution in [2.45, 2.75) is 0 Å². The Labute approximate surface area is 420 Å². The maximum Gasteiger partial charge on any atom is 0.0541 e. The lowest BCUT2D eigenvalue weighted by atomic mass is 9.96. The van der Waals surface area contributed by atoms with Crippen LogP contribution < -0.4 is 4.90 Å². The van der Waals surface area contributed by atoms with E-state index in [2.05, 4.69) is 301 Å². The molecule has 13 rings (SSSR count). The molecule has 0 amide bonds. The van der Waals surface area contributed by atoms with Gasteiger partial charge in [-0.15, -0.1) is 0 Å². The van der Waals surface area contributed by atoms with E-state index in [1.54, 1.807) is 0 Å². The molecule has 2 nitrogen and oxygen atoms in total. The number of fused-ring (bicyclic) bond motifs is 4. The second kappa shape index (κ2) is 18.4. The van der Waals surface area contributed by atoms with Crippen LogP contribution in [-0.4, -0.2) is 4.57 Å². The molecular weight excluding hydrogens is 869 g/mol. The van der Waals surface area contributed by atoms with E-state index in [4.69, 9.17) is 0 Å². The summed E-state index contributed by atoms with van der Waals surface area (Å²) in [6.45, 7) is 0. The van der Waals surface area contributed by atoms with Crippen molar-refractivity contribution < 1.29 is 0 Å². The predicted octanol–water partition coefficient (Wildman–Crippen LogP) is 19.4. The molecule has 13 aromatic rings. The maximum absolute atomic E-state index is 2.36. The van der Waals surface area contributed by atoms with Crippen molar-refractivity contribution in [2.24, 2.45) is 0 Å². The van der Waals surface area contributed by atoms with Gasteiger partial charge in [0.1, 0.15) is 0 Å². The van der Waals surface area contributed by atoms with E-state index in [9.17, 15) is 0 Å². The molecule has 0 fully saturated rings. The predicted molar refractivity (Wildman–Crippen MR) is 306 cm³/mol. The van der Waals surface area contributed by atoms with E-state index < -0.39 is 0 Å². The Balaban J connectivity index is 0.733. The maximum atomic E-state index is 2.36. The van der Waals surface area contributed by atoms with Crippen LogP contribution in [0.3, 0.4) is 0 Å². The van der Waals surface area contributed by atoms with Crippen LogP contribution in [0, 0.1) is 0 Å². The molecule has 2 heteroatoms. The molecule has 0 spiro atoms. The Hall–Kier alpha value is -9.50. The zero-order valence-electron chi connectivity index (χ0n) is 39.6. The molecule has 0 unspecified atom stereocenters. The lowest BCUT2D eigenvalue weighted by Gasteiger charge is -2.26. The van der Waals surface area contributed by atoms with Gasteiger partial charge in [0.05, 0.1) is 11.0 Å². The summed E-state index contributed by atoms with van der Waals surface area (Å²) in [5.41, 5.74) is 21.3. The first-order chi connectivity index (χ1) is 35.7. The summed E-state index contributed by atoms with van der Waals surface area (Å²) in [5.74, 6) is 0. The van der Waals surface area contributed by atoms with Gasteiger partial charge in [-0.3, -0.25) is 0 Å². The third kappa shape index (κ3) is 8.01. The van der Waals surface area contributed by atoms with Crippen molar-refractivity contribution in [2.75, 3.05) is 4.90 Å². The van der Waals surface area contributed by atoms with E-state index in [0.29, 0.717) is 0 Å². The molecule has 0 saturated carbocycles. The minimum Gasteiger partial charge on any atom is -0.311 e. The number of benzene rings is 12. The number of nitrogens with zero attached hydrogens (tertiary/aromatic N) is 2. The SMILES string of the molecule is c1ccc(-c2ccc(N(c3ccc(-c4ccc(-c5ccc(-c6ccc(-c7ccc8c(c7)c7ccccc7n8-c7ccccc7)cc6)cc5)cc4)cc3)c3ccc(-c4cccc5ccccc45)cc3)cc2)cc1. The molecule has 0 bridgehead atoms. The van der Waals surface area contributed by atoms with Crippen molar-refractivity contribution in [3.8, 4) is 72.4 Å². The van der Waals surface area contributed by atoms with Crippen molar-refractivity contribution in [1.82, 2.24) is 4.57 Å². The third-order valence-corrected chi connectivity index (χ3v) is 14.3. The monoisotopic (exact) mass is 916 g/mol. The van der Waals surface area contributed by atoms with E-state index in [1.807, 2.05) is 0 Å². The highest BCUT2D eigenvalue weighted by Crippen LogP contribution is 2.40. The molecule has 0 aliphatic heterocycles. The van der Waals surface area contributed by atoms with Gasteiger partial charge in [0, 0.05) is 33.5 Å². The molecular formula is C70H48N2. The summed E-state index contributed by atoms with van der Waals surface area (Å²) >= 11 is 0. The van der Waals surface area contributed by atoms with Gasteiger partial charge >= 0.3 is 0 Å². The first kappa shape index (κ1) is 42.6. The highest BCUT2D eigenvalue weighted by Gasteiger charge is 2.16. The Morgan fingerprint density at radius 2 is 0.583 bits per heavy atom. The Morgan fingerprint density at radius 1 is 0.222 bits per heavy atom. The zero-order valence-corrected chi connectivity index (χ0v) is 39.6. The molecule has 0 N–H and O–H groups in total. The highest BCUT2D eigenvalue weighted by atomic mass is 15.1. The van der Waals surface area contributed by atoms with Crippen LogP contribution in [0.15, 0.2) is 291 Å².